The molecule has 0 fully saturated rings. The molecule has 0 saturated heterocycles. The monoisotopic (exact) mass is 366 g/mol. The molecule has 5 rings (SSSR count). The molecular formula is C24H19BO3. The molecule has 0 atom stereocenters. The fraction of sp³-hybridized carbons (Fsp3) is 0.0833. The van der Waals surface area contributed by atoms with Crippen LogP contribution in [-0.2, 0) is 0 Å². The molecule has 0 spiro atoms. The fourth-order valence-corrected chi connectivity index (χ4v) is 4.01. The minimum atomic E-state index is -1.54. The maximum Gasteiger partial charge on any atom is 0.489 e. The molecule has 3 aromatic carbocycles. The zero-order chi connectivity index (χ0) is 19.1. The molecule has 0 aliphatic heterocycles. The highest BCUT2D eigenvalue weighted by atomic mass is 16.4. The molecule has 0 bridgehead atoms. The molecule has 4 heteroatoms. The third-order valence-electron chi connectivity index (χ3n) is 5.33. The van der Waals surface area contributed by atoms with Gasteiger partial charge in [-0.25, -0.2) is 0 Å². The Balaban J connectivity index is 1.72. The Hall–Kier alpha value is -3.08. The van der Waals surface area contributed by atoms with E-state index in [2.05, 4.69) is 42.5 Å². The molecule has 4 aromatic rings. The molecule has 1 aliphatic rings. The Morgan fingerprint density at radius 2 is 1.68 bits per heavy atom. The van der Waals surface area contributed by atoms with E-state index in [4.69, 9.17) is 4.42 Å². The molecule has 0 radical (unpaired) electrons. The van der Waals surface area contributed by atoms with Crippen molar-refractivity contribution in [3.8, 4) is 11.1 Å². The van der Waals surface area contributed by atoms with Gasteiger partial charge in [-0.05, 0) is 47.1 Å². The number of hydrogen-bond donors (Lipinski definition) is 2. The summed E-state index contributed by atoms with van der Waals surface area (Å²) in [5.74, 6) is 0. The number of rotatable bonds is 3. The van der Waals surface area contributed by atoms with E-state index >= 15 is 0 Å². The van der Waals surface area contributed by atoms with Crippen molar-refractivity contribution in [3.63, 3.8) is 0 Å². The number of benzene rings is 3. The zero-order valence-corrected chi connectivity index (χ0v) is 15.3. The van der Waals surface area contributed by atoms with Crippen LogP contribution in [0.5, 0.6) is 0 Å². The Morgan fingerprint density at radius 1 is 0.857 bits per heavy atom. The number of hydrogen-bond acceptors (Lipinski definition) is 3. The molecule has 0 saturated carbocycles. The first-order chi connectivity index (χ1) is 13.7. The highest BCUT2D eigenvalue weighted by Crippen LogP contribution is 2.36. The van der Waals surface area contributed by atoms with Gasteiger partial charge >= 0.3 is 7.12 Å². The van der Waals surface area contributed by atoms with E-state index in [1.165, 1.54) is 11.1 Å². The van der Waals surface area contributed by atoms with Gasteiger partial charge in [0.05, 0.1) is 0 Å². The predicted octanol–water partition coefficient (Wildman–Crippen LogP) is 4.67. The topological polar surface area (TPSA) is 53.6 Å². The van der Waals surface area contributed by atoms with Crippen molar-refractivity contribution in [2.45, 2.75) is 12.8 Å². The summed E-state index contributed by atoms with van der Waals surface area (Å²) < 4.78 is 6.16. The van der Waals surface area contributed by atoms with Crippen LogP contribution in [0.1, 0.15) is 18.4 Å². The van der Waals surface area contributed by atoms with Crippen LogP contribution in [0.15, 0.2) is 83.3 Å². The van der Waals surface area contributed by atoms with E-state index in [9.17, 15) is 10.0 Å². The van der Waals surface area contributed by atoms with Gasteiger partial charge in [0.25, 0.3) is 0 Å². The number of para-hydroxylation sites is 1. The molecule has 0 amide bonds. The van der Waals surface area contributed by atoms with Crippen molar-refractivity contribution >= 4 is 40.1 Å². The number of fused-ring (bicyclic) bond motifs is 3. The lowest BCUT2D eigenvalue weighted by atomic mass is 9.77. The van der Waals surface area contributed by atoms with Crippen LogP contribution in [-0.4, -0.2) is 17.2 Å². The van der Waals surface area contributed by atoms with Gasteiger partial charge in [0, 0.05) is 16.3 Å². The minimum Gasteiger partial charge on any atom is -0.455 e. The summed E-state index contributed by atoms with van der Waals surface area (Å²) in [5, 5.41) is 21.2. The molecule has 2 N–H and O–H groups in total. The lowest BCUT2D eigenvalue weighted by Gasteiger charge is -2.10. The summed E-state index contributed by atoms with van der Waals surface area (Å²) in [5.41, 5.74) is 6.38. The summed E-state index contributed by atoms with van der Waals surface area (Å²) in [4.78, 5) is 0. The third-order valence-corrected chi connectivity index (χ3v) is 5.33. The van der Waals surface area contributed by atoms with E-state index < -0.39 is 7.12 Å². The molecule has 0 unspecified atom stereocenters. The Bertz CT molecular complexity index is 1250. The highest BCUT2D eigenvalue weighted by molar-refractivity contribution is 6.62. The van der Waals surface area contributed by atoms with Gasteiger partial charge in [0.15, 0.2) is 0 Å². The van der Waals surface area contributed by atoms with Gasteiger partial charge in [-0.3, -0.25) is 0 Å². The summed E-state index contributed by atoms with van der Waals surface area (Å²) in [6.07, 6.45) is 8.83. The van der Waals surface area contributed by atoms with Crippen LogP contribution in [0, 0.1) is 0 Å². The summed E-state index contributed by atoms with van der Waals surface area (Å²) in [6.45, 7) is 0. The second-order valence-electron chi connectivity index (χ2n) is 7.10. The molecule has 3 nitrogen and oxygen atoms in total. The van der Waals surface area contributed by atoms with Crippen LogP contribution in [0.4, 0.5) is 0 Å². The van der Waals surface area contributed by atoms with Gasteiger partial charge in [-0.1, -0.05) is 66.8 Å². The van der Waals surface area contributed by atoms with Crippen molar-refractivity contribution < 1.29 is 14.5 Å². The Labute approximate surface area is 163 Å². The first-order valence-corrected chi connectivity index (χ1v) is 9.50. The fourth-order valence-electron chi connectivity index (χ4n) is 4.01. The minimum absolute atomic E-state index is 0.458. The maximum atomic E-state index is 9.77. The normalized spacial score (nSPS) is 13.9. The molecule has 28 heavy (non-hydrogen) atoms. The quantitative estimate of drug-likeness (QED) is 0.519. The average molecular weight is 366 g/mol. The van der Waals surface area contributed by atoms with E-state index in [1.807, 2.05) is 24.3 Å². The summed E-state index contributed by atoms with van der Waals surface area (Å²) >= 11 is 0. The van der Waals surface area contributed by atoms with Crippen molar-refractivity contribution in [2.24, 2.45) is 0 Å². The van der Waals surface area contributed by atoms with Crippen LogP contribution in [0.25, 0.3) is 38.6 Å². The Kier molecular flexibility index (Phi) is 4.16. The van der Waals surface area contributed by atoms with E-state index in [0.29, 0.717) is 11.0 Å². The molecular weight excluding hydrogens is 347 g/mol. The van der Waals surface area contributed by atoms with Gasteiger partial charge < -0.3 is 14.5 Å². The standard InChI is InChI=1S/C24H19BO3/c26-25(27)21-13-6-14-22-23(21)20-12-5-11-19(24(20)28-22)18-10-4-9-17(15-18)16-7-2-1-3-8-16/h2,4-15,26-27H,1,3H2. The van der Waals surface area contributed by atoms with E-state index in [1.54, 1.807) is 12.1 Å². The third kappa shape index (κ3) is 2.78. The van der Waals surface area contributed by atoms with Crippen molar-refractivity contribution in [2.75, 3.05) is 0 Å². The number of furan rings is 1. The predicted molar refractivity (Wildman–Crippen MR) is 115 cm³/mol. The van der Waals surface area contributed by atoms with Gasteiger partial charge in [-0.2, -0.15) is 0 Å². The van der Waals surface area contributed by atoms with E-state index in [0.717, 1.165) is 40.3 Å². The zero-order valence-electron chi connectivity index (χ0n) is 15.3. The van der Waals surface area contributed by atoms with Crippen molar-refractivity contribution in [1.82, 2.24) is 0 Å². The van der Waals surface area contributed by atoms with Crippen molar-refractivity contribution in [3.05, 3.63) is 84.5 Å². The SMILES string of the molecule is OB(O)c1cccc2oc3c(-c4cccc(C5=CCCC=C5)c4)cccc3c12. The largest absolute Gasteiger partial charge is 0.489 e. The lowest BCUT2D eigenvalue weighted by Crippen LogP contribution is -2.30. The van der Waals surface area contributed by atoms with Gasteiger partial charge in [-0.15, -0.1) is 0 Å². The smallest absolute Gasteiger partial charge is 0.455 e. The summed E-state index contributed by atoms with van der Waals surface area (Å²) in [7, 11) is -1.54. The summed E-state index contributed by atoms with van der Waals surface area (Å²) in [6, 6.07) is 19.8. The van der Waals surface area contributed by atoms with Crippen molar-refractivity contribution in [1.29, 1.82) is 0 Å². The van der Waals surface area contributed by atoms with Gasteiger partial charge in [0.2, 0.25) is 0 Å². The van der Waals surface area contributed by atoms with Gasteiger partial charge in [0.1, 0.15) is 11.2 Å². The van der Waals surface area contributed by atoms with Crippen LogP contribution < -0.4 is 5.46 Å². The van der Waals surface area contributed by atoms with Crippen LogP contribution >= 0.6 is 0 Å². The average Bonchev–Trinajstić information content (AvgIpc) is 3.13. The molecule has 1 aromatic heterocycles. The van der Waals surface area contributed by atoms with Crippen LogP contribution in [0.3, 0.4) is 0 Å². The van der Waals surface area contributed by atoms with E-state index in [-0.39, 0.29) is 0 Å². The Morgan fingerprint density at radius 3 is 2.50 bits per heavy atom. The first kappa shape index (κ1) is 17.1. The molecule has 136 valence electrons. The number of allylic oxidation sites excluding steroid dienone is 4. The molecule has 1 aliphatic carbocycles. The van der Waals surface area contributed by atoms with Crippen LogP contribution in [0.2, 0.25) is 0 Å². The second-order valence-corrected chi connectivity index (χ2v) is 7.10. The first-order valence-electron chi connectivity index (χ1n) is 9.50. The second kappa shape index (κ2) is 6.82. The maximum absolute atomic E-state index is 9.77. The molecule has 1 heterocycles. The highest BCUT2D eigenvalue weighted by Gasteiger charge is 2.20. The lowest BCUT2D eigenvalue weighted by molar-refractivity contribution is 0.426.